The van der Waals surface area contributed by atoms with Crippen LogP contribution in [-0.2, 0) is 14.8 Å². The number of halogens is 1. The summed E-state index contributed by atoms with van der Waals surface area (Å²) in [6.45, 7) is 2.96. The molecule has 1 saturated carbocycles. The molecule has 0 amide bonds. The van der Waals surface area contributed by atoms with Gasteiger partial charge in [0, 0.05) is 18.7 Å². The monoisotopic (exact) mass is 272 g/mol. The molecule has 16 heavy (non-hydrogen) atoms. The molecule has 0 saturated heterocycles. The molecule has 0 bridgehead atoms. The van der Waals surface area contributed by atoms with Gasteiger partial charge in [-0.1, -0.05) is 0 Å². The van der Waals surface area contributed by atoms with Crippen molar-refractivity contribution in [3.8, 4) is 0 Å². The third kappa shape index (κ3) is 5.45. The van der Waals surface area contributed by atoms with E-state index in [2.05, 4.69) is 4.72 Å². The molecule has 5 nitrogen and oxygen atoms in total. The number of nitrogens with two attached hydrogens (primary N) is 1. The summed E-state index contributed by atoms with van der Waals surface area (Å²) in [5, 5.41) is 0. The summed E-state index contributed by atoms with van der Waals surface area (Å²) in [5.41, 5.74) is 5.60. The van der Waals surface area contributed by atoms with Crippen LogP contribution in [0.2, 0.25) is 0 Å². The Hall–Kier alpha value is 0.120. The maximum Gasteiger partial charge on any atom is 0.213 e. The number of rotatable bonds is 7. The van der Waals surface area contributed by atoms with Crippen molar-refractivity contribution in [2.45, 2.75) is 31.7 Å². The van der Waals surface area contributed by atoms with E-state index < -0.39 is 10.0 Å². The summed E-state index contributed by atoms with van der Waals surface area (Å²) in [6.07, 6.45) is 2.90. The average molecular weight is 273 g/mol. The Morgan fingerprint density at radius 3 is 2.50 bits per heavy atom. The molecule has 98 valence electrons. The van der Waals surface area contributed by atoms with E-state index in [-0.39, 0.29) is 30.3 Å². The molecule has 0 radical (unpaired) electrons. The number of nitrogens with one attached hydrogen (secondary N) is 1. The summed E-state index contributed by atoms with van der Waals surface area (Å²) >= 11 is 0. The zero-order chi connectivity index (χ0) is 11.4. The summed E-state index contributed by atoms with van der Waals surface area (Å²) in [5.74, 6) is 0.0108. The minimum atomic E-state index is -3.22. The Morgan fingerprint density at radius 2 is 2.06 bits per heavy atom. The second-order valence-electron chi connectivity index (χ2n) is 4.05. The molecule has 1 rings (SSSR count). The molecule has 0 aromatic carbocycles. The molecule has 0 spiro atoms. The molecular formula is C9H21ClN2O3S. The molecule has 7 heteroatoms. The molecule has 1 aliphatic rings. The normalized spacial score (nSPS) is 18.6. The molecule has 0 unspecified atom stereocenters. The lowest BCUT2D eigenvalue weighted by molar-refractivity contribution is 0.163. The van der Waals surface area contributed by atoms with Crippen molar-refractivity contribution in [3.63, 3.8) is 0 Å². The van der Waals surface area contributed by atoms with E-state index in [4.69, 9.17) is 10.5 Å². The van der Waals surface area contributed by atoms with Gasteiger partial charge in [0.05, 0.1) is 12.4 Å². The van der Waals surface area contributed by atoms with Gasteiger partial charge in [-0.3, -0.25) is 0 Å². The van der Waals surface area contributed by atoms with Crippen molar-refractivity contribution in [2.75, 3.05) is 25.5 Å². The van der Waals surface area contributed by atoms with Crippen molar-refractivity contribution < 1.29 is 13.2 Å². The van der Waals surface area contributed by atoms with Gasteiger partial charge in [-0.05, 0) is 26.2 Å². The first-order valence-electron chi connectivity index (χ1n) is 5.31. The van der Waals surface area contributed by atoms with Gasteiger partial charge in [-0.2, -0.15) is 0 Å². The molecular weight excluding hydrogens is 252 g/mol. The average Bonchev–Trinajstić information content (AvgIpc) is 2.12. The highest BCUT2D eigenvalue weighted by molar-refractivity contribution is 7.89. The second kappa shape index (κ2) is 6.76. The predicted octanol–water partition coefficient (Wildman–Crippen LogP) is 0.246. The van der Waals surface area contributed by atoms with Gasteiger partial charge in [0.25, 0.3) is 0 Å². The number of sulfonamides is 1. The minimum absolute atomic E-state index is 0. The van der Waals surface area contributed by atoms with E-state index in [0.717, 1.165) is 19.3 Å². The number of hydrogen-bond acceptors (Lipinski definition) is 4. The fourth-order valence-corrected chi connectivity index (χ4v) is 2.44. The highest BCUT2D eigenvalue weighted by atomic mass is 35.5. The molecule has 3 N–H and O–H groups in total. The van der Waals surface area contributed by atoms with Crippen molar-refractivity contribution in [2.24, 2.45) is 5.73 Å². The third-order valence-corrected chi connectivity index (χ3v) is 3.98. The Bertz CT molecular complexity index is 291. The Morgan fingerprint density at radius 1 is 1.44 bits per heavy atom. The SMILES string of the molecule is CCOCCS(=O)(=O)NCC1(N)CCC1.Cl. The van der Waals surface area contributed by atoms with E-state index in [9.17, 15) is 8.42 Å². The summed E-state index contributed by atoms with van der Waals surface area (Å²) in [6, 6.07) is 0. The van der Waals surface area contributed by atoms with Crippen molar-refractivity contribution in [1.82, 2.24) is 4.72 Å². The lowest BCUT2D eigenvalue weighted by atomic mass is 9.78. The highest BCUT2D eigenvalue weighted by Crippen LogP contribution is 2.28. The van der Waals surface area contributed by atoms with E-state index in [0.29, 0.717) is 13.2 Å². The van der Waals surface area contributed by atoms with Crippen LogP contribution >= 0.6 is 12.4 Å². The molecule has 0 heterocycles. The topological polar surface area (TPSA) is 81.4 Å². The zero-order valence-electron chi connectivity index (χ0n) is 9.57. The van der Waals surface area contributed by atoms with E-state index >= 15 is 0 Å². The van der Waals surface area contributed by atoms with Crippen molar-refractivity contribution in [1.29, 1.82) is 0 Å². The largest absolute Gasteiger partial charge is 0.381 e. The summed E-state index contributed by atoms with van der Waals surface area (Å²) in [4.78, 5) is 0. The first kappa shape index (κ1) is 16.1. The van der Waals surface area contributed by atoms with Gasteiger partial charge in [0.2, 0.25) is 10.0 Å². The standard InChI is InChI=1S/C9H20N2O3S.ClH/c1-2-14-6-7-15(12,13)11-8-9(10)4-3-5-9;/h11H,2-8,10H2,1H3;1H. The third-order valence-electron chi connectivity index (χ3n) is 2.69. The number of hydrogen-bond donors (Lipinski definition) is 2. The maximum atomic E-state index is 11.4. The van der Waals surface area contributed by atoms with Gasteiger partial charge in [0.1, 0.15) is 0 Å². The van der Waals surface area contributed by atoms with Gasteiger partial charge < -0.3 is 10.5 Å². The van der Waals surface area contributed by atoms with Crippen LogP contribution in [0.1, 0.15) is 26.2 Å². The van der Waals surface area contributed by atoms with E-state index in [1.54, 1.807) is 0 Å². The first-order valence-corrected chi connectivity index (χ1v) is 6.97. The van der Waals surface area contributed by atoms with Crippen LogP contribution in [-0.4, -0.2) is 39.5 Å². The fourth-order valence-electron chi connectivity index (χ4n) is 1.45. The minimum Gasteiger partial charge on any atom is -0.381 e. The second-order valence-corrected chi connectivity index (χ2v) is 5.98. The summed E-state index contributed by atoms with van der Waals surface area (Å²) in [7, 11) is -3.22. The van der Waals surface area contributed by atoms with Gasteiger partial charge >= 0.3 is 0 Å². The fraction of sp³-hybridized carbons (Fsp3) is 1.00. The first-order chi connectivity index (χ1) is 6.97. The van der Waals surface area contributed by atoms with Gasteiger partial charge in [-0.25, -0.2) is 13.1 Å². The Kier molecular flexibility index (Phi) is 6.81. The van der Waals surface area contributed by atoms with Crippen LogP contribution < -0.4 is 10.5 Å². The van der Waals surface area contributed by atoms with Crippen molar-refractivity contribution >= 4 is 22.4 Å². The summed E-state index contributed by atoms with van der Waals surface area (Å²) < 4.78 is 30.4. The predicted molar refractivity (Wildman–Crippen MR) is 66.3 cm³/mol. The molecule has 0 atom stereocenters. The van der Waals surface area contributed by atoms with Crippen LogP contribution in [0.4, 0.5) is 0 Å². The van der Waals surface area contributed by atoms with Crippen LogP contribution in [0.15, 0.2) is 0 Å². The van der Waals surface area contributed by atoms with Gasteiger partial charge in [0.15, 0.2) is 0 Å². The smallest absolute Gasteiger partial charge is 0.213 e. The lowest BCUT2D eigenvalue weighted by Crippen LogP contribution is -2.55. The Labute approximate surface area is 104 Å². The van der Waals surface area contributed by atoms with Crippen LogP contribution in [0.5, 0.6) is 0 Å². The molecule has 1 aliphatic carbocycles. The Balaban J connectivity index is 0.00000225. The van der Waals surface area contributed by atoms with Gasteiger partial charge in [-0.15, -0.1) is 12.4 Å². The highest BCUT2D eigenvalue weighted by Gasteiger charge is 2.33. The molecule has 0 aliphatic heterocycles. The molecule has 1 fully saturated rings. The van der Waals surface area contributed by atoms with Crippen LogP contribution in [0.3, 0.4) is 0 Å². The zero-order valence-corrected chi connectivity index (χ0v) is 11.2. The molecule has 0 aromatic heterocycles. The van der Waals surface area contributed by atoms with Crippen LogP contribution in [0, 0.1) is 0 Å². The van der Waals surface area contributed by atoms with E-state index in [1.165, 1.54) is 0 Å². The number of ether oxygens (including phenoxy) is 1. The van der Waals surface area contributed by atoms with Crippen molar-refractivity contribution in [3.05, 3.63) is 0 Å². The van der Waals surface area contributed by atoms with E-state index in [1.807, 2.05) is 6.92 Å². The maximum absolute atomic E-state index is 11.4. The quantitative estimate of drug-likeness (QED) is 0.651. The van der Waals surface area contributed by atoms with Crippen LogP contribution in [0.25, 0.3) is 0 Å². The lowest BCUT2D eigenvalue weighted by Gasteiger charge is -2.38. The molecule has 0 aromatic rings.